The summed E-state index contributed by atoms with van der Waals surface area (Å²) in [5, 5.41) is 9.66. The first-order chi connectivity index (χ1) is 25.8. The lowest BCUT2D eigenvalue weighted by Crippen LogP contribution is -1.96. The van der Waals surface area contributed by atoms with Gasteiger partial charge in [-0.15, -0.1) is 11.3 Å². The number of nitrogens with zero attached hydrogens (tertiary/aromatic N) is 3. The molecule has 0 radical (unpaired) electrons. The molecule has 0 fully saturated rings. The molecule has 0 bridgehead atoms. The first kappa shape index (κ1) is 29.1. The van der Waals surface area contributed by atoms with Crippen molar-refractivity contribution in [1.82, 2.24) is 15.0 Å². The van der Waals surface area contributed by atoms with Crippen molar-refractivity contribution >= 4 is 75.0 Å². The molecule has 0 saturated heterocycles. The van der Waals surface area contributed by atoms with Crippen molar-refractivity contribution < 1.29 is 4.42 Å². The third-order valence-electron chi connectivity index (χ3n) is 10.2. The van der Waals surface area contributed by atoms with E-state index in [1.54, 1.807) is 6.33 Å². The fourth-order valence-electron chi connectivity index (χ4n) is 7.84. The molecular weight excluding hydrogens is 655 g/mol. The monoisotopic (exact) mass is 681 g/mol. The molecular formula is C47H27N3OS. The Bertz CT molecular complexity index is 3210. The van der Waals surface area contributed by atoms with Gasteiger partial charge in [-0.25, -0.2) is 15.0 Å². The zero-order chi connectivity index (χ0) is 34.2. The van der Waals surface area contributed by atoms with Crippen molar-refractivity contribution in [2.75, 3.05) is 0 Å². The second-order valence-electron chi connectivity index (χ2n) is 13.2. The first-order valence-corrected chi connectivity index (χ1v) is 18.2. The molecule has 11 rings (SSSR count). The van der Waals surface area contributed by atoms with Crippen LogP contribution in [0.4, 0.5) is 0 Å². The van der Waals surface area contributed by atoms with Crippen molar-refractivity contribution in [3.8, 4) is 45.0 Å². The summed E-state index contributed by atoms with van der Waals surface area (Å²) in [5.41, 5.74) is 8.23. The van der Waals surface area contributed by atoms with E-state index >= 15 is 0 Å². The standard InChI is InChI=1S/C47H27N3OS/c1-2-13-32-29(10-1)25-40(35-15-4-3-14-34(32)35)30-22-23-38-43(26-30)52-42-21-9-19-39(44(38)42)47-49-27-48-46(50-47)31-12-7-11-28(24-31)33-17-8-18-37-36-16-5-6-20-41(36)51-45(33)37/h1-27H. The van der Waals surface area contributed by atoms with Gasteiger partial charge < -0.3 is 4.42 Å². The summed E-state index contributed by atoms with van der Waals surface area (Å²) < 4.78 is 8.80. The minimum atomic E-state index is 0.630. The lowest BCUT2D eigenvalue weighted by molar-refractivity contribution is 0.670. The van der Waals surface area contributed by atoms with Gasteiger partial charge in [0.25, 0.3) is 0 Å². The zero-order valence-corrected chi connectivity index (χ0v) is 28.6. The maximum absolute atomic E-state index is 6.36. The molecule has 11 aromatic rings. The van der Waals surface area contributed by atoms with Crippen molar-refractivity contribution in [2.24, 2.45) is 0 Å². The second kappa shape index (κ2) is 11.4. The van der Waals surface area contributed by atoms with Gasteiger partial charge in [-0.2, -0.15) is 0 Å². The Morgan fingerprint density at radius 1 is 0.423 bits per heavy atom. The zero-order valence-electron chi connectivity index (χ0n) is 27.7. The van der Waals surface area contributed by atoms with Crippen LogP contribution in [-0.4, -0.2) is 15.0 Å². The van der Waals surface area contributed by atoms with Gasteiger partial charge in [0.15, 0.2) is 11.6 Å². The van der Waals surface area contributed by atoms with E-state index in [1.165, 1.54) is 52.8 Å². The quantitative estimate of drug-likeness (QED) is 0.174. The minimum absolute atomic E-state index is 0.630. The SMILES string of the molecule is c1cc(-c2ncnc(-c3cccc4sc5cc(-c6cc7ccccc7c7ccccc67)ccc5c34)n2)cc(-c2cccc3c2oc2ccccc23)c1. The van der Waals surface area contributed by atoms with Gasteiger partial charge in [-0.1, -0.05) is 127 Å². The largest absolute Gasteiger partial charge is 0.455 e. The number of para-hydroxylation sites is 2. The molecule has 4 nitrogen and oxygen atoms in total. The number of thiophene rings is 1. The van der Waals surface area contributed by atoms with Crippen LogP contribution in [0.3, 0.4) is 0 Å². The van der Waals surface area contributed by atoms with E-state index in [-0.39, 0.29) is 0 Å². The van der Waals surface area contributed by atoms with Crippen LogP contribution in [0.15, 0.2) is 168 Å². The molecule has 0 spiro atoms. The molecule has 3 aromatic heterocycles. The maximum Gasteiger partial charge on any atom is 0.164 e. The minimum Gasteiger partial charge on any atom is -0.455 e. The van der Waals surface area contributed by atoms with E-state index in [0.717, 1.165) is 44.2 Å². The maximum atomic E-state index is 6.36. The van der Waals surface area contributed by atoms with Crippen LogP contribution in [0.25, 0.3) is 109 Å². The molecule has 0 N–H and O–H groups in total. The summed E-state index contributed by atoms with van der Waals surface area (Å²) in [7, 11) is 0. The normalized spacial score (nSPS) is 11.8. The molecule has 0 saturated carbocycles. The van der Waals surface area contributed by atoms with Crippen LogP contribution in [0.2, 0.25) is 0 Å². The molecule has 8 aromatic carbocycles. The predicted octanol–water partition coefficient (Wildman–Crippen LogP) is 13.1. The first-order valence-electron chi connectivity index (χ1n) is 17.3. The smallest absolute Gasteiger partial charge is 0.164 e. The Labute approximate surface area is 302 Å². The van der Waals surface area contributed by atoms with Crippen LogP contribution in [0.5, 0.6) is 0 Å². The highest BCUT2D eigenvalue weighted by atomic mass is 32.1. The summed E-state index contributed by atoms with van der Waals surface area (Å²) >= 11 is 1.81. The van der Waals surface area contributed by atoms with E-state index in [4.69, 9.17) is 14.4 Å². The van der Waals surface area contributed by atoms with Gasteiger partial charge in [0.2, 0.25) is 0 Å². The van der Waals surface area contributed by atoms with E-state index < -0.39 is 0 Å². The van der Waals surface area contributed by atoms with Gasteiger partial charge in [0, 0.05) is 47.6 Å². The number of benzene rings is 8. The number of fused-ring (bicyclic) bond motifs is 9. The van der Waals surface area contributed by atoms with Gasteiger partial charge in [-0.3, -0.25) is 0 Å². The summed E-state index contributed by atoms with van der Waals surface area (Å²) in [6.45, 7) is 0. The van der Waals surface area contributed by atoms with Crippen LogP contribution < -0.4 is 0 Å². The highest BCUT2D eigenvalue weighted by Gasteiger charge is 2.17. The van der Waals surface area contributed by atoms with Crippen LogP contribution in [-0.2, 0) is 0 Å². The highest BCUT2D eigenvalue weighted by Crippen LogP contribution is 2.43. The average Bonchev–Trinajstić information content (AvgIpc) is 3.79. The van der Waals surface area contributed by atoms with E-state index in [9.17, 15) is 0 Å². The molecule has 0 amide bonds. The molecule has 0 unspecified atom stereocenters. The van der Waals surface area contributed by atoms with Crippen molar-refractivity contribution in [3.63, 3.8) is 0 Å². The number of hydrogen-bond acceptors (Lipinski definition) is 5. The van der Waals surface area contributed by atoms with Gasteiger partial charge in [-0.05, 0) is 68.6 Å². The van der Waals surface area contributed by atoms with E-state index in [2.05, 4.69) is 145 Å². The number of hydrogen-bond donors (Lipinski definition) is 0. The molecule has 52 heavy (non-hydrogen) atoms. The summed E-state index contributed by atoms with van der Waals surface area (Å²) in [5.74, 6) is 1.29. The van der Waals surface area contributed by atoms with E-state index in [0.29, 0.717) is 11.6 Å². The van der Waals surface area contributed by atoms with Gasteiger partial charge in [0.05, 0.1) is 0 Å². The Kier molecular flexibility index (Phi) is 6.39. The Balaban J connectivity index is 1.01. The van der Waals surface area contributed by atoms with Crippen LogP contribution in [0.1, 0.15) is 0 Å². The Morgan fingerprint density at radius 2 is 1.13 bits per heavy atom. The van der Waals surface area contributed by atoms with Gasteiger partial charge in [0.1, 0.15) is 17.5 Å². The molecule has 3 heterocycles. The number of furan rings is 1. The van der Waals surface area contributed by atoms with Crippen molar-refractivity contribution in [2.45, 2.75) is 0 Å². The number of aromatic nitrogens is 3. The Morgan fingerprint density at radius 3 is 2.08 bits per heavy atom. The lowest BCUT2D eigenvalue weighted by atomic mass is 9.93. The fraction of sp³-hybridized carbons (Fsp3) is 0. The molecule has 242 valence electrons. The lowest BCUT2D eigenvalue weighted by Gasteiger charge is -2.11. The molecule has 0 aliphatic heterocycles. The van der Waals surface area contributed by atoms with Crippen molar-refractivity contribution in [1.29, 1.82) is 0 Å². The highest BCUT2D eigenvalue weighted by molar-refractivity contribution is 7.26. The predicted molar refractivity (Wildman–Crippen MR) is 217 cm³/mol. The third kappa shape index (κ3) is 4.50. The Hall–Kier alpha value is -6.69. The summed E-state index contributed by atoms with van der Waals surface area (Å²) in [6.07, 6.45) is 1.63. The topological polar surface area (TPSA) is 51.8 Å². The summed E-state index contributed by atoms with van der Waals surface area (Å²) in [4.78, 5) is 14.4. The van der Waals surface area contributed by atoms with Gasteiger partial charge >= 0.3 is 0 Å². The molecule has 5 heteroatoms. The van der Waals surface area contributed by atoms with E-state index in [1.807, 2.05) is 29.5 Å². The molecule has 0 aliphatic carbocycles. The molecule has 0 aliphatic rings. The molecule has 0 atom stereocenters. The second-order valence-corrected chi connectivity index (χ2v) is 14.3. The average molecular weight is 682 g/mol. The van der Waals surface area contributed by atoms with Crippen LogP contribution in [0, 0.1) is 0 Å². The number of rotatable bonds is 4. The fourth-order valence-corrected chi connectivity index (χ4v) is 9.01. The third-order valence-corrected chi connectivity index (χ3v) is 11.3. The summed E-state index contributed by atoms with van der Waals surface area (Å²) in [6, 6.07) is 55.8. The van der Waals surface area contributed by atoms with Crippen molar-refractivity contribution in [3.05, 3.63) is 164 Å². The van der Waals surface area contributed by atoms with Crippen LogP contribution >= 0.6 is 11.3 Å².